The van der Waals surface area contributed by atoms with E-state index in [-0.39, 0.29) is 5.91 Å². The maximum Gasteiger partial charge on any atom is 0.257 e. The molecule has 0 atom stereocenters. The highest BCUT2D eigenvalue weighted by Crippen LogP contribution is 2.22. The summed E-state index contributed by atoms with van der Waals surface area (Å²) in [7, 11) is 0. The first-order valence-electron chi connectivity index (χ1n) is 5.83. The first-order chi connectivity index (χ1) is 8.33. The Hall–Kier alpha value is -1.16. The van der Waals surface area contributed by atoms with Gasteiger partial charge in [-0.15, -0.1) is 0 Å². The van der Waals surface area contributed by atoms with Gasteiger partial charge in [-0.25, -0.2) is 0 Å². The van der Waals surface area contributed by atoms with Crippen molar-refractivity contribution in [2.75, 3.05) is 31.7 Å². The van der Waals surface area contributed by atoms with Crippen molar-refractivity contribution in [1.82, 2.24) is 4.90 Å². The first-order valence-corrected chi connectivity index (χ1v) is 7.22. The van der Waals surface area contributed by atoms with Gasteiger partial charge in [0.25, 0.3) is 5.91 Å². The minimum absolute atomic E-state index is 0.0965. The van der Waals surface area contributed by atoms with Crippen molar-refractivity contribution in [3.05, 3.63) is 29.8 Å². The molecule has 3 nitrogen and oxygen atoms in total. The second-order valence-corrected chi connectivity index (χ2v) is 4.97. The van der Waals surface area contributed by atoms with Crippen molar-refractivity contribution in [3.8, 4) is 5.75 Å². The highest BCUT2D eigenvalue weighted by atomic mass is 32.2. The molecule has 0 saturated carbocycles. The Bertz CT molecular complexity index is 395. The highest BCUT2D eigenvalue weighted by molar-refractivity contribution is 7.98. The number of carbonyl (C=O) groups excluding carboxylic acids is 1. The number of thioether (sulfide) groups is 1. The largest absolute Gasteiger partial charge is 0.491 e. The van der Waals surface area contributed by atoms with E-state index in [9.17, 15) is 4.79 Å². The lowest BCUT2D eigenvalue weighted by Crippen LogP contribution is -2.33. The molecule has 0 aromatic heterocycles. The van der Waals surface area contributed by atoms with Gasteiger partial charge in [0, 0.05) is 6.54 Å². The Morgan fingerprint density at radius 1 is 1.41 bits per heavy atom. The fourth-order valence-electron chi connectivity index (χ4n) is 1.92. The van der Waals surface area contributed by atoms with E-state index >= 15 is 0 Å². The molecular formula is C13H17NO2S. The summed E-state index contributed by atoms with van der Waals surface area (Å²) in [6, 6.07) is 7.48. The Morgan fingerprint density at radius 3 is 3.06 bits per heavy atom. The zero-order valence-corrected chi connectivity index (χ0v) is 10.8. The van der Waals surface area contributed by atoms with Gasteiger partial charge >= 0.3 is 0 Å². The lowest BCUT2D eigenvalue weighted by atomic mass is 10.2. The Balaban J connectivity index is 2.09. The normalized spacial score (nSPS) is 15.1. The molecule has 4 heteroatoms. The summed E-state index contributed by atoms with van der Waals surface area (Å²) in [5, 5.41) is 0. The fourth-order valence-corrected chi connectivity index (χ4v) is 2.34. The topological polar surface area (TPSA) is 29.5 Å². The van der Waals surface area contributed by atoms with Crippen molar-refractivity contribution in [3.63, 3.8) is 0 Å². The average molecular weight is 251 g/mol. The molecule has 1 amide bonds. The number of fused-ring (bicyclic) bond motifs is 1. The number of nitrogens with zero attached hydrogens (tertiary/aromatic N) is 1. The van der Waals surface area contributed by atoms with Crippen LogP contribution < -0.4 is 4.74 Å². The van der Waals surface area contributed by atoms with E-state index < -0.39 is 0 Å². The number of hydrogen-bond donors (Lipinski definition) is 0. The maximum atomic E-state index is 12.3. The molecule has 0 aliphatic carbocycles. The molecule has 1 aromatic rings. The molecule has 92 valence electrons. The smallest absolute Gasteiger partial charge is 0.257 e. The summed E-state index contributed by atoms with van der Waals surface area (Å²) >= 11 is 1.81. The molecule has 0 N–H and O–H groups in total. The summed E-state index contributed by atoms with van der Waals surface area (Å²) in [4.78, 5) is 14.2. The number of ether oxygens (including phenoxy) is 1. The number of rotatable bonds is 4. The van der Waals surface area contributed by atoms with Crippen LogP contribution in [0.5, 0.6) is 5.75 Å². The standard InChI is InChI=1S/C13H17NO2S/c1-17-10-4-7-14-8-9-16-12-6-3-2-5-11(12)13(14)15/h2-3,5-6H,4,7-10H2,1H3. The van der Waals surface area contributed by atoms with E-state index in [0.717, 1.165) is 18.7 Å². The van der Waals surface area contributed by atoms with Gasteiger partial charge < -0.3 is 9.64 Å². The van der Waals surface area contributed by atoms with Crippen LogP contribution in [0, 0.1) is 0 Å². The van der Waals surface area contributed by atoms with Crippen molar-refractivity contribution in [2.24, 2.45) is 0 Å². The van der Waals surface area contributed by atoms with Crippen LogP contribution in [-0.2, 0) is 0 Å². The average Bonchev–Trinajstić information content (AvgIpc) is 2.51. The summed E-state index contributed by atoms with van der Waals surface area (Å²) in [6.07, 6.45) is 3.12. The van der Waals surface area contributed by atoms with E-state index in [1.807, 2.05) is 40.9 Å². The first kappa shape index (κ1) is 12.3. The molecule has 1 aliphatic heterocycles. The summed E-state index contributed by atoms with van der Waals surface area (Å²) in [5.74, 6) is 1.90. The number of benzene rings is 1. The van der Waals surface area contributed by atoms with E-state index in [4.69, 9.17) is 4.74 Å². The Labute approximate surface area is 106 Å². The van der Waals surface area contributed by atoms with Crippen molar-refractivity contribution in [2.45, 2.75) is 6.42 Å². The second-order valence-electron chi connectivity index (χ2n) is 3.98. The molecule has 1 heterocycles. The fraction of sp³-hybridized carbons (Fsp3) is 0.462. The van der Waals surface area contributed by atoms with E-state index in [1.54, 1.807) is 0 Å². The number of amides is 1. The molecule has 1 aliphatic rings. The molecule has 2 rings (SSSR count). The van der Waals surface area contributed by atoms with Crippen molar-refractivity contribution >= 4 is 17.7 Å². The van der Waals surface area contributed by atoms with Gasteiger partial charge in [-0.1, -0.05) is 12.1 Å². The van der Waals surface area contributed by atoms with Crippen LogP contribution in [0.4, 0.5) is 0 Å². The summed E-state index contributed by atoms with van der Waals surface area (Å²) in [5.41, 5.74) is 0.689. The van der Waals surface area contributed by atoms with Gasteiger partial charge in [0.1, 0.15) is 12.4 Å². The van der Waals surface area contributed by atoms with E-state index in [0.29, 0.717) is 24.5 Å². The Morgan fingerprint density at radius 2 is 2.24 bits per heavy atom. The van der Waals surface area contributed by atoms with Gasteiger partial charge in [0.2, 0.25) is 0 Å². The minimum Gasteiger partial charge on any atom is -0.491 e. The monoisotopic (exact) mass is 251 g/mol. The zero-order chi connectivity index (χ0) is 12.1. The zero-order valence-electron chi connectivity index (χ0n) is 10.0. The maximum absolute atomic E-state index is 12.3. The molecule has 0 saturated heterocycles. The minimum atomic E-state index is 0.0965. The second kappa shape index (κ2) is 5.96. The van der Waals surface area contributed by atoms with Gasteiger partial charge in [0.15, 0.2) is 0 Å². The summed E-state index contributed by atoms with van der Waals surface area (Å²) in [6.45, 7) is 2.08. The van der Waals surface area contributed by atoms with Crippen LogP contribution >= 0.6 is 11.8 Å². The third-order valence-corrected chi connectivity index (χ3v) is 3.50. The van der Waals surface area contributed by atoms with E-state index in [1.165, 1.54) is 0 Å². The summed E-state index contributed by atoms with van der Waals surface area (Å²) < 4.78 is 5.59. The highest BCUT2D eigenvalue weighted by Gasteiger charge is 2.22. The van der Waals surface area contributed by atoms with Crippen LogP contribution in [0.3, 0.4) is 0 Å². The molecule has 0 spiro atoms. The van der Waals surface area contributed by atoms with Crippen LogP contribution in [0.25, 0.3) is 0 Å². The molecule has 17 heavy (non-hydrogen) atoms. The predicted octanol–water partition coefficient (Wildman–Crippen LogP) is 2.27. The lowest BCUT2D eigenvalue weighted by molar-refractivity contribution is 0.0756. The molecule has 0 radical (unpaired) electrons. The predicted molar refractivity (Wildman–Crippen MR) is 70.8 cm³/mol. The molecular weight excluding hydrogens is 234 g/mol. The lowest BCUT2D eigenvalue weighted by Gasteiger charge is -2.19. The quantitative estimate of drug-likeness (QED) is 0.769. The number of hydrogen-bond acceptors (Lipinski definition) is 3. The van der Waals surface area contributed by atoms with Crippen molar-refractivity contribution in [1.29, 1.82) is 0 Å². The third kappa shape index (κ3) is 2.94. The van der Waals surface area contributed by atoms with Crippen LogP contribution in [0.1, 0.15) is 16.8 Å². The molecule has 0 bridgehead atoms. The van der Waals surface area contributed by atoms with Gasteiger partial charge in [-0.2, -0.15) is 11.8 Å². The van der Waals surface area contributed by atoms with Crippen LogP contribution in [-0.4, -0.2) is 42.5 Å². The van der Waals surface area contributed by atoms with Gasteiger partial charge in [-0.3, -0.25) is 4.79 Å². The van der Waals surface area contributed by atoms with Gasteiger partial charge in [0.05, 0.1) is 12.1 Å². The number of carbonyl (C=O) groups is 1. The molecule has 1 aromatic carbocycles. The molecule has 0 fully saturated rings. The van der Waals surface area contributed by atoms with Crippen LogP contribution in [0.2, 0.25) is 0 Å². The van der Waals surface area contributed by atoms with Crippen LogP contribution in [0.15, 0.2) is 24.3 Å². The van der Waals surface area contributed by atoms with Gasteiger partial charge in [-0.05, 0) is 30.6 Å². The third-order valence-electron chi connectivity index (χ3n) is 2.80. The SMILES string of the molecule is CSCCCN1CCOc2ccccc2C1=O. The Kier molecular flexibility index (Phi) is 4.31. The van der Waals surface area contributed by atoms with E-state index in [2.05, 4.69) is 6.26 Å². The molecule has 0 unspecified atom stereocenters. The van der Waals surface area contributed by atoms with Crippen molar-refractivity contribution < 1.29 is 9.53 Å². The number of para-hydroxylation sites is 1.